The van der Waals surface area contributed by atoms with Crippen LogP contribution in [-0.4, -0.2) is 6.10 Å². The topological polar surface area (TPSA) is 9.23 Å². The summed E-state index contributed by atoms with van der Waals surface area (Å²) in [7, 11) is 0. The molecule has 1 nitrogen and oxygen atoms in total. The summed E-state index contributed by atoms with van der Waals surface area (Å²) in [5.74, 6) is 0.263. The first kappa shape index (κ1) is 8.82. The van der Waals surface area contributed by atoms with Gasteiger partial charge >= 0.3 is 0 Å². The van der Waals surface area contributed by atoms with E-state index in [1.165, 1.54) is 18.6 Å². The van der Waals surface area contributed by atoms with Crippen LogP contribution >= 0.6 is 11.6 Å². The number of hydrogen-bond acceptors (Lipinski definition) is 1. The minimum atomic E-state index is -0.400. The minimum absolute atomic E-state index is 0.122. The molecule has 0 heterocycles. The molecule has 0 unspecified atom stereocenters. The van der Waals surface area contributed by atoms with Crippen LogP contribution in [0.2, 0.25) is 5.02 Å². The second-order valence-electron chi connectivity index (χ2n) is 3.25. The Morgan fingerprint density at radius 2 is 2.15 bits per heavy atom. The van der Waals surface area contributed by atoms with Crippen molar-refractivity contribution in [2.75, 3.05) is 0 Å². The molecule has 0 aliphatic heterocycles. The lowest BCUT2D eigenvalue weighted by atomic mass is 9.96. The molecule has 0 spiro atoms. The highest BCUT2D eigenvalue weighted by Gasteiger charge is 2.19. The first-order valence-corrected chi connectivity index (χ1v) is 4.75. The van der Waals surface area contributed by atoms with Gasteiger partial charge in [0.05, 0.1) is 11.1 Å². The van der Waals surface area contributed by atoms with Gasteiger partial charge in [-0.2, -0.15) is 0 Å². The number of benzene rings is 1. The Labute approximate surface area is 81.5 Å². The third-order valence-corrected chi connectivity index (χ3v) is 2.54. The van der Waals surface area contributed by atoms with Gasteiger partial charge in [0.1, 0.15) is 11.6 Å². The van der Waals surface area contributed by atoms with Gasteiger partial charge in [0.15, 0.2) is 0 Å². The molecule has 13 heavy (non-hydrogen) atoms. The lowest BCUT2D eigenvalue weighted by Gasteiger charge is -2.26. The van der Waals surface area contributed by atoms with E-state index in [4.69, 9.17) is 16.3 Å². The average Bonchev–Trinajstić information content (AvgIpc) is 2.04. The van der Waals surface area contributed by atoms with E-state index in [2.05, 4.69) is 0 Å². The maximum absolute atomic E-state index is 12.7. The Hall–Kier alpha value is -0.760. The number of halogens is 2. The molecule has 1 aliphatic rings. The van der Waals surface area contributed by atoms with Gasteiger partial charge in [0, 0.05) is 6.07 Å². The van der Waals surface area contributed by atoms with Crippen molar-refractivity contribution in [2.24, 2.45) is 0 Å². The van der Waals surface area contributed by atoms with E-state index in [-0.39, 0.29) is 5.02 Å². The largest absolute Gasteiger partial charge is 0.490 e. The van der Waals surface area contributed by atoms with E-state index >= 15 is 0 Å². The molecule has 0 amide bonds. The molecule has 1 aromatic rings. The van der Waals surface area contributed by atoms with Gasteiger partial charge in [-0.05, 0) is 31.4 Å². The molecular formula is C10H10ClFO. The predicted molar refractivity (Wildman–Crippen MR) is 49.7 cm³/mol. The third kappa shape index (κ3) is 1.94. The Bertz CT molecular complexity index is 310. The molecule has 1 fully saturated rings. The van der Waals surface area contributed by atoms with Gasteiger partial charge in [-0.15, -0.1) is 0 Å². The van der Waals surface area contributed by atoms with Crippen LogP contribution in [0.4, 0.5) is 4.39 Å². The van der Waals surface area contributed by atoms with Crippen LogP contribution in [0.3, 0.4) is 0 Å². The van der Waals surface area contributed by atoms with Crippen molar-refractivity contribution >= 4 is 11.6 Å². The van der Waals surface area contributed by atoms with Crippen molar-refractivity contribution in [3.8, 4) is 5.75 Å². The summed E-state index contributed by atoms with van der Waals surface area (Å²) in [6.07, 6.45) is 3.71. The molecule has 1 aliphatic carbocycles. The van der Waals surface area contributed by atoms with Gasteiger partial charge in [0.25, 0.3) is 0 Å². The van der Waals surface area contributed by atoms with Gasteiger partial charge in [-0.3, -0.25) is 0 Å². The highest BCUT2D eigenvalue weighted by Crippen LogP contribution is 2.27. The highest BCUT2D eigenvalue weighted by atomic mass is 35.5. The zero-order chi connectivity index (χ0) is 9.26. The standard InChI is InChI=1S/C10H10ClFO/c11-9-6-8(4-5-10(9)12)13-7-2-1-3-7/h4-7H,1-3H2. The lowest BCUT2D eigenvalue weighted by molar-refractivity contribution is 0.120. The normalized spacial score (nSPS) is 16.8. The second kappa shape index (κ2) is 3.54. The molecule has 0 radical (unpaired) electrons. The number of rotatable bonds is 2. The highest BCUT2D eigenvalue weighted by molar-refractivity contribution is 6.30. The average molecular weight is 201 g/mol. The van der Waals surface area contributed by atoms with Crippen LogP contribution in [0.5, 0.6) is 5.75 Å². The van der Waals surface area contributed by atoms with E-state index in [0.29, 0.717) is 11.9 Å². The molecular weight excluding hydrogens is 191 g/mol. The SMILES string of the molecule is Fc1ccc(OC2CCC2)cc1Cl. The van der Waals surface area contributed by atoms with E-state index in [1.807, 2.05) is 0 Å². The molecule has 1 aromatic carbocycles. The van der Waals surface area contributed by atoms with E-state index in [1.54, 1.807) is 6.07 Å². The van der Waals surface area contributed by atoms with Gasteiger partial charge in [0.2, 0.25) is 0 Å². The first-order chi connectivity index (χ1) is 6.25. The Balaban J connectivity index is 2.07. The van der Waals surface area contributed by atoms with Crippen molar-refractivity contribution in [1.29, 1.82) is 0 Å². The second-order valence-corrected chi connectivity index (χ2v) is 3.65. The Morgan fingerprint density at radius 1 is 1.38 bits per heavy atom. The Kier molecular flexibility index (Phi) is 2.40. The summed E-state index contributed by atoms with van der Waals surface area (Å²) in [4.78, 5) is 0. The molecule has 0 N–H and O–H groups in total. The smallest absolute Gasteiger partial charge is 0.142 e. The molecule has 3 heteroatoms. The van der Waals surface area contributed by atoms with Crippen LogP contribution in [0.1, 0.15) is 19.3 Å². The van der Waals surface area contributed by atoms with Gasteiger partial charge in [-0.1, -0.05) is 11.6 Å². The molecule has 0 aromatic heterocycles. The summed E-state index contributed by atoms with van der Waals surface area (Å²) >= 11 is 5.60. The fraction of sp³-hybridized carbons (Fsp3) is 0.400. The van der Waals surface area contributed by atoms with E-state index < -0.39 is 5.82 Å². The molecule has 0 atom stereocenters. The number of ether oxygens (including phenoxy) is 1. The molecule has 2 rings (SSSR count). The summed E-state index contributed by atoms with van der Waals surface area (Å²) in [6.45, 7) is 0. The molecule has 1 saturated carbocycles. The van der Waals surface area contributed by atoms with Crippen molar-refractivity contribution in [2.45, 2.75) is 25.4 Å². The zero-order valence-electron chi connectivity index (χ0n) is 7.09. The molecule has 70 valence electrons. The fourth-order valence-electron chi connectivity index (χ4n) is 1.23. The maximum Gasteiger partial charge on any atom is 0.142 e. The van der Waals surface area contributed by atoms with Crippen LogP contribution in [0, 0.1) is 5.82 Å². The van der Waals surface area contributed by atoms with E-state index in [9.17, 15) is 4.39 Å². The molecule has 0 bridgehead atoms. The van der Waals surface area contributed by atoms with Crippen LogP contribution in [0.25, 0.3) is 0 Å². The van der Waals surface area contributed by atoms with Crippen molar-refractivity contribution < 1.29 is 9.13 Å². The van der Waals surface area contributed by atoms with E-state index in [0.717, 1.165) is 12.8 Å². The third-order valence-electron chi connectivity index (χ3n) is 2.25. The first-order valence-electron chi connectivity index (χ1n) is 4.37. The quantitative estimate of drug-likeness (QED) is 0.711. The summed E-state index contributed by atoms with van der Waals surface area (Å²) in [5, 5.41) is 0.122. The fourth-order valence-corrected chi connectivity index (χ4v) is 1.40. The Morgan fingerprint density at radius 3 is 2.69 bits per heavy atom. The van der Waals surface area contributed by atoms with Gasteiger partial charge in [-0.25, -0.2) is 4.39 Å². The lowest BCUT2D eigenvalue weighted by Crippen LogP contribution is -2.24. The van der Waals surface area contributed by atoms with Crippen LogP contribution < -0.4 is 4.74 Å². The summed E-state index contributed by atoms with van der Waals surface area (Å²) in [5.41, 5.74) is 0. The van der Waals surface area contributed by atoms with Crippen molar-refractivity contribution in [3.05, 3.63) is 29.0 Å². The summed E-state index contributed by atoms with van der Waals surface area (Å²) in [6, 6.07) is 4.46. The van der Waals surface area contributed by atoms with Crippen LogP contribution in [-0.2, 0) is 0 Å². The van der Waals surface area contributed by atoms with Crippen LogP contribution in [0.15, 0.2) is 18.2 Å². The summed E-state index contributed by atoms with van der Waals surface area (Å²) < 4.78 is 18.3. The van der Waals surface area contributed by atoms with Gasteiger partial charge < -0.3 is 4.74 Å². The van der Waals surface area contributed by atoms with Crippen molar-refractivity contribution in [3.63, 3.8) is 0 Å². The number of hydrogen-bond donors (Lipinski definition) is 0. The minimum Gasteiger partial charge on any atom is -0.490 e. The van der Waals surface area contributed by atoms with Crippen molar-refractivity contribution in [1.82, 2.24) is 0 Å². The molecule has 0 saturated heterocycles. The zero-order valence-corrected chi connectivity index (χ0v) is 7.85. The predicted octanol–water partition coefficient (Wildman–Crippen LogP) is 3.41. The maximum atomic E-state index is 12.7. The monoisotopic (exact) mass is 200 g/mol.